The predicted octanol–water partition coefficient (Wildman–Crippen LogP) is 3.55. The second kappa shape index (κ2) is 14.2. The summed E-state index contributed by atoms with van der Waals surface area (Å²) in [6, 6.07) is 6.96. The van der Waals surface area contributed by atoms with Crippen LogP contribution in [0.25, 0.3) is 11.0 Å². The minimum Gasteiger partial charge on any atom is -0.491 e. The van der Waals surface area contributed by atoms with E-state index >= 15 is 0 Å². The summed E-state index contributed by atoms with van der Waals surface area (Å²) in [5.74, 6) is 1.34. The number of aryl methyl sites for hydroxylation is 3. The van der Waals surface area contributed by atoms with Crippen molar-refractivity contribution in [3.8, 4) is 5.75 Å². The first-order chi connectivity index (χ1) is 20.9. The van der Waals surface area contributed by atoms with Gasteiger partial charge in [0.15, 0.2) is 5.78 Å². The van der Waals surface area contributed by atoms with Gasteiger partial charge in [0.05, 0.1) is 12.4 Å². The molecule has 228 valence electrons. The molecule has 0 aromatic carbocycles. The van der Waals surface area contributed by atoms with Crippen molar-refractivity contribution in [1.82, 2.24) is 24.4 Å². The maximum atomic E-state index is 13.6. The van der Waals surface area contributed by atoms with Crippen LogP contribution in [0, 0.1) is 5.82 Å². The number of fused-ring (bicyclic) bond motifs is 2. The van der Waals surface area contributed by atoms with E-state index in [2.05, 4.69) is 37.6 Å². The van der Waals surface area contributed by atoms with Gasteiger partial charge in [-0.05, 0) is 63.3 Å². The number of hydrogen-bond donors (Lipinski definition) is 3. The maximum absolute atomic E-state index is 13.6. The second-order valence-corrected chi connectivity index (χ2v) is 11.0. The fourth-order valence-electron chi connectivity index (χ4n) is 5.40. The molecular weight excluding hydrogens is 551 g/mol. The van der Waals surface area contributed by atoms with Gasteiger partial charge in [-0.25, -0.2) is 9.37 Å². The Morgan fingerprint density at radius 3 is 2.98 bits per heavy atom. The molecule has 0 radical (unpaired) electrons. The van der Waals surface area contributed by atoms with Crippen LogP contribution in [0.2, 0.25) is 0 Å². The van der Waals surface area contributed by atoms with Gasteiger partial charge in [-0.3, -0.25) is 20.0 Å². The number of pyridine rings is 2. The standard InChI is InChI=1S/C31H39FN8O3/c1-22(41)28(37-31-27-10-14-38(2)30(27)35-21-40(31)42)11-15-39(16-17-43-26-18-24(32)19-33-20-26)13-4-3-7-25-9-8-23-6-5-12-34-29(23)36-25/h8-10,14,18-21,28,42H,3-7,11-13,15-17H2,1-2H3,(H,34,36)/p+1/t28-/m0/s1. The molecule has 1 aliphatic heterocycles. The van der Waals surface area contributed by atoms with Gasteiger partial charge in [0.25, 0.3) is 12.1 Å². The Bertz CT molecular complexity index is 1540. The summed E-state index contributed by atoms with van der Waals surface area (Å²) in [4.78, 5) is 27.9. The van der Waals surface area contributed by atoms with E-state index in [1.807, 2.05) is 23.9 Å². The third-order valence-corrected chi connectivity index (χ3v) is 7.81. The van der Waals surface area contributed by atoms with Crippen molar-refractivity contribution in [2.75, 3.05) is 43.4 Å². The smallest absolute Gasteiger partial charge is 0.273 e. The van der Waals surface area contributed by atoms with E-state index in [-0.39, 0.29) is 5.78 Å². The van der Waals surface area contributed by atoms with Gasteiger partial charge in [-0.2, -0.15) is 0 Å². The van der Waals surface area contributed by atoms with Crippen LogP contribution in [-0.2, 0) is 24.7 Å². The Morgan fingerprint density at radius 2 is 2.14 bits per heavy atom. The molecule has 0 saturated heterocycles. The molecule has 43 heavy (non-hydrogen) atoms. The van der Waals surface area contributed by atoms with Gasteiger partial charge < -0.3 is 19.8 Å². The first-order valence-electron chi connectivity index (χ1n) is 14.9. The summed E-state index contributed by atoms with van der Waals surface area (Å²) >= 11 is 0. The van der Waals surface area contributed by atoms with Crippen LogP contribution in [0.3, 0.4) is 0 Å². The van der Waals surface area contributed by atoms with Crippen molar-refractivity contribution in [1.29, 1.82) is 0 Å². The fraction of sp³-hybridized carbons (Fsp3) is 0.452. The van der Waals surface area contributed by atoms with Gasteiger partial charge in [0.1, 0.15) is 35.4 Å². The Labute approximate surface area is 250 Å². The monoisotopic (exact) mass is 591 g/mol. The quantitative estimate of drug-likeness (QED) is 0.108. The topological polar surface area (TPSA) is 121 Å². The molecule has 1 atom stereocenters. The molecule has 0 saturated carbocycles. The first kappa shape index (κ1) is 30.1. The number of nitrogens with one attached hydrogen (secondary N) is 2. The molecule has 0 bridgehead atoms. The van der Waals surface area contributed by atoms with Crippen LogP contribution in [0.15, 0.2) is 49.2 Å². The molecular formula is C31H40FN8O3+. The van der Waals surface area contributed by atoms with Crippen LogP contribution in [-0.4, -0.2) is 74.2 Å². The number of aromatic nitrogens is 5. The molecule has 4 aromatic heterocycles. The number of nitrogens with zero attached hydrogens (tertiary/aromatic N) is 6. The number of ether oxygens (including phenoxy) is 1. The number of unbranched alkanes of at least 4 members (excludes halogenated alkanes) is 1. The minimum atomic E-state index is -0.521. The van der Waals surface area contributed by atoms with Crippen LogP contribution >= 0.6 is 0 Å². The van der Waals surface area contributed by atoms with E-state index in [0.717, 1.165) is 73.0 Å². The van der Waals surface area contributed by atoms with Crippen LogP contribution in [0.5, 0.6) is 5.75 Å². The largest absolute Gasteiger partial charge is 0.491 e. The molecule has 0 aliphatic carbocycles. The van der Waals surface area contributed by atoms with Crippen molar-refractivity contribution in [3.05, 3.63) is 66.3 Å². The molecule has 12 heteroatoms. The lowest BCUT2D eigenvalue weighted by atomic mass is 10.1. The van der Waals surface area contributed by atoms with Crippen molar-refractivity contribution >= 4 is 28.5 Å². The number of carbonyl (C=O) groups excluding carboxylic acids is 1. The first-order valence-corrected chi connectivity index (χ1v) is 14.9. The lowest BCUT2D eigenvalue weighted by molar-refractivity contribution is -0.894. The van der Waals surface area contributed by atoms with E-state index in [0.29, 0.717) is 43.3 Å². The molecule has 11 nitrogen and oxygen atoms in total. The second-order valence-electron chi connectivity index (χ2n) is 11.0. The summed E-state index contributed by atoms with van der Waals surface area (Å²) in [7, 11) is 1.88. The van der Waals surface area contributed by atoms with Crippen molar-refractivity contribution < 1.29 is 23.9 Å². The Kier molecular flexibility index (Phi) is 9.98. The Morgan fingerprint density at radius 1 is 1.26 bits per heavy atom. The Hall–Kier alpha value is -4.32. The number of ketones is 1. The van der Waals surface area contributed by atoms with Crippen LogP contribution in [0.1, 0.15) is 43.9 Å². The summed E-state index contributed by atoms with van der Waals surface area (Å²) in [6.45, 7) is 4.90. The zero-order valence-corrected chi connectivity index (χ0v) is 24.8. The third kappa shape index (κ3) is 7.95. The number of halogens is 1. The van der Waals surface area contributed by atoms with Gasteiger partial charge in [0, 0.05) is 51.1 Å². The number of carbonyl (C=O) groups is 1. The molecule has 0 spiro atoms. The van der Waals surface area contributed by atoms with Crippen LogP contribution < -0.4 is 20.1 Å². The highest BCUT2D eigenvalue weighted by Crippen LogP contribution is 2.21. The average Bonchev–Trinajstić information content (AvgIpc) is 3.38. The molecule has 4 aromatic rings. The van der Waals surface area contributed by atoms with Crippen molar-refractivity contribution in [3.63, 3.8) is 0 Å². The van der Waals surface area contributed by atoms with Gasteiger partial charge in [-0.1, -0.05) is 15.8 Å². The number of hydrogen-bond acceptors (Lipinski definition) is 9. The van der Waals surface area contributed by atoms with E-state index in [9.17, 15) is 14.4 Å². The molecule has 3 N–H and O–H groups in total. The molecule has 5 rings (SSSR count). The lowest BCUT2D eigenvalue weighted by Gasteiger charge is -2.24. The zero-order valence-electron chi connectivity index (χ0n) is 24.8. The fourth-order valence-corrected chi connectivity index (χ4v) is 5.40. The van der Waals surface area contributed by atoms with E-state index < -0.39 is 11.9 Å². The highest BCUT2D eigenvalue weighted by atomic mass is 19.1. The third-order valence-electron chi connectivity index (χ3n) is 7.81. The van der Waals surface area contributed by atoms with Crippen molar-refractivity contribution in [2.45, 2.75) is 51.5 Å². The van der Waals surface area contributed by atoms with E-state index in [4.69, 9.17) is 9.72 Å². The number of anilines is 2. The average molecular weight is 592 g/mol. The molecule has 0 amide bonds. The van der Waals surface area contributed by atoms with E-state index in [1.54, 1.807) is 6.92 Å². The van der Waals surface area contributed by atoms with Crippen LogP contribution in [0.4, 0.5) is 16.0 Å². The predicted molar refractivity (Wildman–Crippen MR) is 161 cm³/mol. The van der Waals surface area contributed by atoms with E-state index in [1.165, 1.54) is 24.2 Å². The molecule has 0 unspecified atom stereocenters. The molecule has 0 fully saturated rings. The van der Waals surface area contributed by atoms with Crippen molar-refractivity contribution in [2.24, 2.45) is 7.05 Å². The number of Topliss-reactive ketones (excluding diaryl/α,β-unsaturated/α-hetero) is 1. The number of rotatable bonds is 15. The molecule has 5 heterocycles. The highest BCUT2D eigenvalue weighted by Gasteiger charge is 2.25. The summed E-state index contributed by atoms with van der Waals surface area (Å²) in [6.07, 6.45) is 11.3. The van der Waals surface area contributed by atoms with Gasteiger partial charge >= 0.3 is 0 Å². The Balaban J connectivity index is 1.20. The highest BCUT2D eigenvalue weighted by molar-refractivity contribution is 5.89. The summed E-state index contributed by atoms with van der Waals surface area (Å²) in [5, 5.41) is 17.8. The van der Waals surface area contributed by atoms with Gasteiger partial charge in [-0.15, -0.1) is 0 Å². The normalized spacial score (nSPS) is 13.5. The lowest BCUT2D eigenvalue weighted by Crippen LogP contribution is -2.41. The van der Waals surface area contributed by atoms with Gasteiger partial charge in [0.2, 0.25) is 5.65 Å². The summed E-state index contributed by atoms with van der Waals surface area (Å²) in [5.41, 5.74) is 3.07. The molecule has 1 aliphatic rings. The zero-order chi connectivity index (χ0) is 30.2. The maximum Gasteiger partial charge on any atom is 0.273 e. The minimum absolute atomic E-state index is 0.0324. The SMILES string of the molecule is CC(=O)[C@H](CCN(CCCCc1ccc2c(n1)NCCC2)CCOc1cncc(F)c1)Nc1c2ccn(C)c2nc[n+]1O. The summed E-state index contributed by atoms with van der Waals surface area (Å²) < 4.78 is 22.1.